The van der Waals surface area contributed by atoms with Gasteiger partial charge in [0.25, 0.3) is 5.69 Å². The Balaban J connectivity index is 2.55. The fourth-order valence-corrected chi connectivity index (χ4v) is 2.44. The van der Waals surface area contributed by atoms with Gasteiger partial charge in [-0.2, -0.15) is 11.3 Å². The van der Waals surface area contributed by atoms with Crippen molar-refractivity contribution >= 4 is 17.0 Å². The van der Waals surface area contributed by atoms with Crippen LogP contribution in [0.2, 0.25) is 0 Å². The molecular formula is C12H12N2O4S. The highest BCUT2D eigenvalue weighted by Crippen LogP contribution is 2.39. The Kier molecular flexibility index (Phi) is 3.68. The van der Waals surface area contributed by atoms with E-state index in [-0.39, 0.29) is 22.7 Å². The number of benzene rings is 1. The summed E-state index contributed by atoms with van der Waals surface area (Å²) in [7, 11) is 1.33. The summed E-state index contributed by atoms with van der Waals surface area (Å²) in [6.07, 6.45) is 0. The first kappa shape index (κ1) is 13.3. The number of thiophene rings is 1. The number of nitro benzene ring substituents is 1. The Morgan fingerprint density at radius 2 is 2.26 bits per heavy atom. The standard InChI is InChI=1S/C12H12N2O4S/c1-18-10-5-8(14(16)17)4-9(12(10)15)11(13)7-2-3-19-6-7/h2-6,11,15H,13H2,1H3/t11-/m1/s1. The van der Waals surface area contributed by atoms with E-state index in [0.717, 1.165) is 5.56 Å². The molecule has 19 heavy (non-hydrogen) atoms. The SMILES string of the molecule is COc1cc([N+](=O)[O-])cc([C@H](N)c2ccsc2)c1O. The summed E-state index contributed by atoms with van der Waals surface area (Å²) >= 11 is 1.46. The second-order valence-electron chi connectivity index (χ2n) is 3.88. The van der Waals surface area contributed by atoms with Crippen molar-refractivity contribution in [2.24, 2.45) is 5.73 Å². The number of methoxy groups -OCH3 is 1. The molecule has 0 bridgehead atoms. The Labute approximate surface area is 113 Å². The number of aromatic hydroxyl groups is 1. The number of hydrogen-bond donors (Lipinski definition) is 2. The highest BCUT2D eigenvalue weighted by molar-refractivity contribution is 7.08. The van der Waals surface area contributed by atoms with Crippen LogP contribution in [-0.2, 0) is 0 Å². The first-order valence-electron chi connectivity index (χ1n) is 5.37. The van der Waals surface area contributed by atoms with E-state index in [2.05, 4.69) is 0 Å². The minimum absolute atomic E-state index is 0.0369. The molecule has 7 heteroatoms. The maximum atomic E-state index is 10.9. The predicted octanol–water partition coefficient (Wildman–Crippen LogP) is 2.42. The normalized spacial score (nSPS) is 12.1. The van der Waals surface area contributed by atoms with Crippen LogP contribution in [0.4, 0.5) is 5.69 Å². The van der Waals surface area contributed by atoms with Crippen LogP contribution in [0.3, 0.4) is 0 Å². The van der Waals surface area contributed by atoms with E-state index >= 15 is 0 Å². The molecule has 1 atom stereocenters. The van der Waals surface area contributed by atoms with Crippen molar-refractivity contribution < 1.29 is 14.8 Å². The zero-order valence-electron chi connectivity index (χ0n) is 10.1. The summed E-state index contributed by atoms with van der Waals surface area (Å²) in [6, 6.07) is 3.60. The van der Waals surface area contributed by atoms with Gasteiger partial charge in [-0.1, -0.05) is 0 Å². The topological polar surface area (TPSA) is 98.6 Å². The molecule has 2 aromatic rings. The van der Waals surface area contributed by atoms with Crippen LogP contribution >= 0.6 is 11.3 Å². The molecule has 1 heterocycles. The third kappa shape index (κ3) is 2.51. The zero-order chi connectivity index (χ0) is 14.0. The van der Waals surface area contributed by atoms with Gasteiger partial charge in [-0.3, -0.25) is 10.1 Å². The van der Waals surface area contributed by atoms with E-state index < -0.39 is 11.0 Å². The summed E-state index contributed by atoms with van der Waals surface area (Å²) in [4.78, 5) is 10.3. The van der Waals surface area contributed by atoms with E-state index in [1.807, 2.05) is 10.8 Å². The monoisotopic (exact) mass is 280 g/mol. The van der Waals surface area contributed by atoms with E-state index in [9.17, 15) is 15.2 Å². The van der Waals surface area contributed by atoms with Gasteiger partial charge in [0.05, 0.1) is 24.1 Å². The second kappa shape index (κ2) is 5.25. The predicted molar refractivity (Wildman–Crippen MR) is 71.7 cm³/mol. The summed E-state index contributed by atoms with van der Waals surface area (Å²) in [5.41, 5.74) is 6.90. The Morgan fingerprint density at radius 3 is 2.79 bits per heavy atom. The highest BCUT2D eigenvalue weighted by atomic mass is 32.1. The van der Waals surface area contributed by atoms with Gasteiger partial charge in [-0.05, 0) is 22.4 Å². The van der Waals surface area contributed by atoms with Crippen molar-refractivity contribution in [2.45, 2.75) is 6.04 Å². The van der Waals surface area contributed by atoms with E-state index in [4.69, 9.17) is 10.5 Å². The average Bonchev–Trinajstić information content (AvgIpc) is 2.91. The third-order valence-electron chi connectivity index (χ3n) is 2.76. The van der Waals surface area contributed by atoms with Crippen molar-refractivity contribution in [3.8, 4) is 11.5 Å². The number of non-ortho nitro benzene ring substituents is 1. The van der Waals surface area contributed by atoms with Crippen LogP contribution in [0.5, 0.6) is 11.5 Å². The highest BCUT2D eigenvalue weighted by Gasteiger charge is 2.22. The number of nitrogens with two attached hydrogens (primary N) is 1. The minimum Gasteiger partial charge on any atom is -0.504 e. The lowest BCUT2D eigenvalue weighted by Crippen LogP contribution is -2.12. The van der Waals surface area contributed by atoms with Crippen molar-refractivity contribution in [1.82, 2.24) is 0 Å². The number of hydrogen-bond acceptors (Lipinski definition) is 6. The number of phenolic OH excluding ortho intramolecular Hbond substituents is 1. The van der Waals surface area contributed by atoms with Gasteiger partial charge in [0.2, 0.25) is 0 Å². The third-order valence-corrected chi connectivity index (χ3v) is 3.46. The van der Waals surface area contributed by atoms with Crippen molar-refractivity contribution in [1.29, 1.82) is 0 Å². The molecule has 2 rings (SSSR count). The summed E-state index contributed by atoms with van der Waals surface area (Å²) in [6.45, 7) is 0. The molecule has 1 aromatic heterocycles. The Morgan fingerprint density at radius 1 is 1.53 bits per heavy atom. The molecule has 100 valence electrons. The van der Waals surface area contributed by atoms with Gasteiger partial charge in [0, 0.05) is 11.6 Å². The molecule has 0 aliphatic heterocycles. The van der Waals surface area contributed by atoms with Gasteiger partial charge in [0.15, 0.2) is 11.5 Å². The Hall–Kier alpha value is -2.12. The molecule has 0 fully saturated rings. The average molecular weight is 280 g/mol. The lowest BCUT2D eigenvalue weighted by atomic mass is 10.00. The van der Waals surface area contributed by atoms with E-state index in [0.29, 0.717) is 0 Å². The van der Waals surface area contributed by atoms with E-state index in [1.165, 1.54) is 30.6 Å². The summed E-state index contributed by atoms with van der Waals surface area (Å²) in [5.74, 6) is -0.137. The first-order chi connectivity index (χ1) is 9.04. The maximum Gasteiger partial charge on any atom is 0.273 e. The fraction of sp³-hybridized carbons (Fsp3) is 0.167. The van der Waals surface area contributed by atoms with Gasteiger partial charge in [-0.25, -0.2) is 0 Å². The van der Waals surface area contributed by atoms with Crippen LogP contribution in [0.1, 0.15) is 17.2 Å². The molecule has 0 amide bonds. The molecule has 0 saturated carbocycles. The van der Waals surface area contributed by atoms with E-state index in [1.54, 1.807) is 6.07 Å². The summed E-state index contributed by atoms with van der Waals surface area (Å²) < 4.78 is 4.94. The molecule has 0 aliphatic rings. The molecular weight excluding hydrogens is 268 g/mol. The summed E-state index contributed by atoms with van der Waals surface area (Å²) in [5, 5.41) is 24.6. The first-order valence-corrected chi connectivity index (χ1v) is 6.32. The van der Waals surface area contributed by atoms with Crippen molar-refractivity contribution in [2.75, 3.05) is 7.11 Å². The van der Waals surface area contributed by atoms with Gasteiger partial charge in [-0.15, -0.1) is 0 Å². The molecule has 3 N–H and O–H groups in total. The molecule has 0 spiro atoms. The molecule has 0 radical (unpaired) electrons. The molecule has 6 nitrogen and oxygen atoms in total. The van der Waals surface area contributed by atoms with Crippen LogP contribution < -0.4 is 10.5 Å². The van der Waals surface area contributed by atoms with Crippen LogP contribution in [-0.4, -0.2) is 17.1 Å². The van der Waals surface area contributed by atoms with Crippen LogP contribution in [0.15, 0.2) is 29.0 Å². The number of nitro groups is 1. The van der Waals surface area contributed by atoms with Crippen molar-refractivity contribution in [3.63, 3.8) is 0 Å². The van der Waals surface area contributed by atoms with Crippen LogP contribution in [0.25, 0.3) is 0 Å². The van der Waals surface area contributed by atoms with Gasteiger partial charge < -0.3 is 15.6 Å². The maximum absolute atomic E-state index is 10.9. The van der Waals surface area contributed by atoms with Crippen molar-refractivity contribution in [3.05, 3.63) is 50.2 Å². The van der Waals surface area contributed by atoms with Gasteiger partial charge in [0.1, 0.15) is 0 Å². The van der Waals surface area contributed by atoms with Gasteiger partial charge >= 0.3 is 0 Å². The number of nitrogens with zero attached hydrogens (tertiary/aromatic N) is 1. The molecule has 1 aromatic carbocycles. The number of phenols is 1. The van der Waals surface area contributed by atoms with Crippen LogP contribution in [0, 0.1) is 10.1 Å². The second-order valence-corrected chi connectivity index (χ2v) is 4.66. The number of rotatable bonds is 4. The minimum atomic E-state index is -0.639. The fourth-order valence-electron chi connectivity index (χ4n) is 1.74. The molecule has 0 unspecified atom stereocenters. The Bertz CT molecular complexity index is 598. The molecule has 0 saturated heterocycles. The lowest BCUT2D eigenvalue weighted by Gasteiger charge is -2.14. The smallest absolute Gasteiger partial charge is 0.273 e. The quantitative estimate of drug-likeness (QED) is 0.662. The molecule has 0 aliphatic carbocycles. The lowest BCUT2D eigenvalue weighted by molar-refractivity contribution is -0.385. The number of ether oxygens (including phenoxy) is 1. The largest absolute Gasteiger partial charge is 0.504 e. The zero-order valence-corrected chi connectivity index (χ0v) is 10.9.